The summed E-state index contributed by atoms with van der Waals surface area (Å²) in [6.45, 7) is 0. The fourth-order valence-corrected chi connectivity index (χ4v) is 1.86. The second kappa shape index (κ2) is 5.97. The molecular formula is C15H14N2O3. The summed E-state index contributed by atoms with van der Waals surface area (Å²) in [5.41, 5.74) is 1.13. The third-order valence-electron chi connectivity index (χ3n) is 2.93. The van der Waals surface area contributed by atoms with Crippen molar-refractivity contribution in [3.8, 4) is 0 Å². The van der Waals surface area contributed by atoms with Gasteiger partial charge in [-0.15, -0.1) is 0 Å². The van der Waals surface area contributed by atoms with Gasteiger partial charge in [0.05, 0.1) is 17.7 Å². The summed E-state index contributed by atoms with van der Waals surface area (Å²) in [6.07, 6.45) is 1.75. The molecule has 0 saturated heterocycles. The lowest BCUT2D eigenvalue weighted by Crippen LogP contribution is -2.29. The Hall–Kier alpha value is -2.69. The van der Waals surface area contributed by atoms with Crippen molar-refractivity contribution in [3.05, 3.63) is 59.9 Å². The van der Waals surface area contributed by atoms with Crippen molar-refractivity contribution < 1.29 is 14.7 Å². The first-order chi connectivity index (χ1) is 9.59. The van der Waals surface area contributed by atoms with E-state index in [9.17, 15) is 9.59 Å². The minimum absolute atomic E-state index is 0.101. The van der Waals surface area contributed by atoms with E-state index < -0.39 is 5.97 Å². The Labute approximate surface area is 116 Å². The van der Waals surface area contributed by atoms with Gasteiger partial charge in [0, 0.05) is 18.9 Å². The van der Waals surface area contributed by atoms with E-state index in [-0.39, 0.29) is 17.9 Å². The van der Waals surface area contributed by atoms with E-state index in [1.165, 1.54) is 11.0 Å². The van der Waals surface area contributed by atoms with Crippen molar-refractivity contribution in [2.24, 2.45) is 0 Å². The number of aromatic carboxylic acids is 1. The summed E-state index contributed by atoms with van der Waals surface area (Å²) in [5, 5.41) is 9.14. The molecular weight excluding hydrogens is 256 g/mol. The van der Waals surface area contributed by atoms with Gasteiger partial charge in [-0.1, -0.05) is 18.2 Å². The second-order valence-electron chi connectivity index (χ2n) is 4.27. The standard InChI is InChI=1S/C15H14N2O3/c1-17(13-8-3-2-7-12(13)15(19)20)14(18)10-11-6-4-5-9-16-11/h2-9H,10H2,1H3,(H,19,20). The minimum Gasteiger partial charge on any atom is -0.478 e. The van der Waals surface area contributed by atoms with Gasteiger partial charge in [0.25, 0.3) is 0 Å². The highest BCUT2D eigenvalue weighted by atomic mass is 16.4. The Morgan fingerprint density at radius 1 is 1.15 bits per heavy atom. The zero-order chi connectivity index (χ0) is 14.5. The molecule has 2 rings (SSSR count). The van der Waals surface area contributed by atoms with Gasteiger partial charge in [-0.2, -0.15) is 0 Å². The molecule has 5 nitrogen and oxygen atoms in total. The van der Waals surface area contributed by atoms with Crippen LogP contribution < -0.4 is 4.90 Å². The number of nitrogens with zero attached hydrogens (tertiary/aromatic N) is 2. The molecule has 1 aromatic carbocycles. The van der Waals surface area contributed by atoms with E-state index in [0.29, 0.717) is 11.4 Å². The number of rotatable bonds is 4. The molecule has 0 radical (unpaired) electrons. The molecule has 0 saturated carbocycles. The molecule has 20 heavy (non-hydrogen) atoms. The highest BCUT2D eigenvalue weighted by Gasteiger charge is 2.18. The van der Waals surface area contributed by atoms with E-state index in [0.717, 1.165) is 0 Å². The summed E-state index contributed by atoms with van der Waals surface area (Å²) in [7, 11) is 1.56. The van der Waals surface area contributed by atoms with Crippen LogP contribution in [0.15, 0.2) is 48.7 Å². The molecule has 0 aliphatic carbocycles. The highest BCUT2D eigenvalue weighted by molar-refractivity contribution is 6.02. The molecule has 2 aromatic rings. The van der Waals surface area contributed by atoms with Crippen LogP contribution in [0, 0.1) is 0 Å². The van der Waals surface area contributed by atoms with Crippen molar-refractivity contribution in [2.45, 2.75) is 6.42 Å². The van der Waals surface area contributed by atoms with Crippen LogP contribution in [0.4, 0.5) is 5.69 Å². The SMILES string of the molecule is CN(C(=O)Cc1ccccn1)c1ccccc1C(=O)O. The third-order valence-corrected chi connectivity index (χ3v) is 2.93. The van der Waals surface area contributed by atoms with Crippen LogP contribution in [0.3, 0.4) is 0 Å². The van der Waals surface area contributed by atoms with Gasteiger partial charge in [0.15, 0.2) is 0 Å². The normalized spacial score (nSPS) is 10.1. The first-order valence-corrected chi connectivity index (χ1v) is 6.08. The molecule has 0 aliphatic rings. The molecule has 102 valence electrons. The van der Waals surface area contributed by atoms with Gasteiger partial charge in [0.2, 0.25) is 5.91 Å². The average molecular weight is 270 g/mol. The molecule has 0 fully saturated rings. The van der Waals surface area contributed by atoms with Crippen molar-refractivity contribution in [1.82, 2.24) is 4.98 Å². The molecule has 0 aliphatic heterocycles. The summed E-state index contributed by atoms with van der Waals surface area (Å²) in [5.74, 6) is -1.27. The summed E-state index contributed by atoms with van der Waals surface area (Å²) in [6, 6.07) is 11.8. The Kier molecular flexibility index (Phi) is 4.10. The van der Waals surface area contributed by atoms with Gasteiger partial charge in [-0.05, 0) is 24.3 Å². The molecule has 0 atom stereocenters. The van der Waals surface area contributed by atoms with Gasteiger partial charge in [0.1, 0.15) is 0 Å². The number of para-hydroxylation sites is 1. The van der Waals surface area contributed by atoms with Crippen LogP contribution in [-0.2, 0) is 11.2 Å². The molecule has 1 heterocycles. The van der Waals surface area contributed by atoms with Gasteiger partial charge in [-0.25, -0.2) is 4.79 Å². The van der Waals surface area contributed by atoms with Gasteiger partial charge < -0.3 is 10.0 Å². The number of carbonyl (C=O) groups excluding carboxylic acids is 1. The first-order valence-electron chi connectivity index (χ1n) is 6.08. The summed E-state index contributed by atoms with van der Waals surface area (Å²) in [4.78, 5) is 28.8. The predicted molar refractivity (Wildman–Crippen MR) is 74.8 cm³/mol. The molecule has 1 aromatic heterocycles. The zero-order valence-electron chi connectivity index (χ0n) is 11.0. The number of likely N-dealkylation sites (N-methyl/N-ethyl adjacent to an activating group) is 1. The van der Waals surface area contributed by atoms with E-state index in [1.807, 2.05) is 0 Å². The number of carboxylic acids is 1. The third kappa shape index (κ3) is 3.00. The van der Waals surface area contributed by atoms with E-state index in [4.69, 9.17) is 5.11 Å². The number of aromatic nitrogens is 1. The van der Waals surface area contributed by atoms with E-state index in [1.54, 1.807) is 49.6 Å². The maximum Gasteiger partial charge on any atom is 0.337 e. The van der Waals surface area contributed by atoms with Crippen molar-refractivity contribution >= 4 is 17.6 Å². The van der Waals surface area contributed by atoms with Crippen LogP contribution in [0.2, 0.25) is 0 Å². The van der Waals surface area contributed by atoms with Crippen LogP contribution in [0.5, 0.6) is 0 Å². The van der Waals surface area contributed by atoms with Crippen molar-refractivity contribution in [3.63, 3.8) is 0 Å². The number of carbonyl (C=O) groups is 2. The van der Waals surface area contributed by atoms with Crippen molar-refractivity contribution in [2.75, 3.05) is 11.9 Å². The number of pyridine rings is 1. The number of benzene rings is 1. The minimum atomic E-state index is -1.06. The van der Waals surface area contributed by atoms with E-state index >= 15 is 0 Å². The lowest BCUT2D eigenvalue weighted by molar-refractivity contribution is -0.117. The quantitative estimate of drug-likeness (QED) is 0.922. The highest BCUT2D eigenvalue weighted by Crippen LogP contribution is 2.19. The topological polar surface area (TPSA) is 70.5 Å². The molecule has 1 N–H and O–H groups in total. The largest absolute Gasteiger partial charge is 0.478 e. The number of hydrogen-bond acceptors (Lipinski definition) is 3. The maximum absolute atomic E-state index is 12.2. The fourth-order valence-electron chi connectivity index (χ4n) is 1.86. The number of amides is 1. The first kappa shape index (κ1) is 13.7. The summed E-state index contributed by atoms with van der Waals surface area (Å²) >= 11 is 0. The lowest BCUT2D eigenvalue weighted by atomic mass is 10.1. The Balaban J connectivity index is 2.21. The zero-order valence-corrected chi connectivity index (χ0v) is 11.0. The smallest absolute Gasteiger partial charge is 0.337 e. The van der Waals surface area contributed by atoms with Crippen LogP contribution in [-0.4, -0.2) is 29.0 Å². The second-order valence-corrected chi connectivity index (χ2v) is 4.27. The molecule has 0 unspecified atom stereocenters. The Bertz CT molecular complexity index is 626. The van der Waals surface area contributed by atoms with Crippen molar-refractivity contribution in [1.29, 1.82) is 0 Å². The van der Waals surface area contributed by atoms with E-state index in [2.05, 4.69) is 4.98 Å². The summed E-state index contributed by atoms with van der Waals surface area (Å²) < 4.78 is 0. The number of carboxylic acid groups (broad SMARTS) is 1. The Morgan fingerprint density at radius 3 is 2.50 bits per heavy atom. The Morgan fingerprint density at radius 2 is 1.85 bits per heavy atom. The predicted octanol–water partition coefficient (Wildman–Crippen LogP) is 1.99. The van der Waals surface area contributed by atoms with Crippen LogP contribution >= 0.6 is 0 Å². The van der Waals surface area contributed by atoms with Gasteiger partial charge >= 0.3 is 5.97 Å². The molecule has 1 amide bonds. The van der Waals surface area contributed by atoms with Crippen LogP contribution in [0.1, 0.15) is 16.1 Å². The fraction of sp³-hybridized carbons (Fsp3) is 0.133. The lowest BCUT2D eigenvalue weighted by Gasteiger charge is -2.19. The monoisotopic (exact) mass is 270 g/mol. The maximum atomic E-state index is 12.2. The van der Waals surface area contributed by atoms with Gasteiger partial charge in [-0.3, -0.25) is 9.78 Å². The molecule has 5 heteroatoms. The number of anilines is 1. The molecule has 0 spiro atoms. The molecule has 0 bridgehead atoms. The number of hydrogen-bond donors (Lipinski definition) is 1. The average Bonchev–Trinajstić information content (AvgIpc) is 2.47. The van der Waals surface area contributed by atoms with Crippen LogP contribution in [0.25, 0.3) is 0 Å².